The molecule has 2 aliphatic heterocycles. The van der Waals surface area contributed by atoms with Crippen LogP contribution in [0.4, 0.5) is 4.39 Å². The Morgan fingerprint density at radius 1 is 1.14 bits per heavy atom. The van der Waals surface area contributed by atoms with E-state index < -0.39 is 0 Å². The van der Waals surface area contributed by atoms with E-state index in [2.05, 4.69) is 30.0 Å². The van der Waals surface area contributed by atoms with Crippen LogP contribution in [-0.2, 0) is 24.4 Å². The van der Waals surface area contributed by atoms with Crippen LogP contribution in [0.25, 0.3) is 0 Å². The molecule has 1 atom stereocenters. The average molecular weight is 384 g/mol. The first-order chi connectivity index (χ1) is 13.5. The van der Waals surface area contributed by atoms with E-state index in [1.54, 1.807) is 12.1 Å². The lowest BCUT2D eigenvalue weighted by Crippen LogP contribution is -2.49. The molecule has 1 amide bonds. The molecule has 0 saturated carbocycles. The van der Waals surface area contributed by atoms with Crippen molar-refractivity contribution in [1.29, 1.82) is 0 Å². The Balaban J connectivity index is 1.43. The molecule has 0 bridgehead atoms. The minimum atomic E-state index is -0.257. The number of carbonyl (C=O) groups is 1. The molecule has 5 nitrogen and oxygen atoms in total. The molecule has 6 heteroatoms. The van der Waals surface area contributed by atoms with Crippen molar-refractivity contribution in [3.63, 3.8) is 0 Å². The Morgan fingerprint density at radius 2 is 1.93 bits per heavy atom. The summed E-state index contributed by atoms with van der Waals surface area (Å²) in [7, 11) is 0. The highest BCUT2D eigenvalue weighted by molar-refractivity contribution is 5.84. The van der Waals surface area contributed by atoms with Crippen molar-refractivity contribution in [3.8, 4) is 0 Å². The van der Waals surface area contributed by atoms with Crippen molar-refractivity contribution in [2.24, 2.45) is 5.41 Å². The third-order valence-corrected chi connectivity index (χ3v) is 6.31. The molecule has 150 valence electrons. The van der Waals surface area contributed by atoms with Gasteiger partial charge in [0.2, 0.25) is 5.91 Å². The molecule has 2 fully saturated rings. The molecule has 0 radical (unpaired) electrons. The van der Waals surface area contributed by atoms with Crippen molar-refractivity contribution in [3.05, 3.63) is 53.1 Å². The molecule has 1 aromatic heterocycles. The van der Waals surface area contributed by atoms with Gasteiger partial charge >= 0.3 is 0 Å². The van der Waals surface area contributed by atoms with E-state index in [9.17, 15) is 9.18 Å². The van der Waals surface area contributed by atoms with Gasteiger partial charge in [0.1, 0.15) is 5.82 Å². The van der Waals surface area contributed by atoms with Gasteiger partial charge in [-0.1, -0.05) is 12.1 Å². The summed E-state index contributed by atoms with van der Waals surface area (Å²) in [4.78, 5) is 17.7. The molecule has 1 aromatic carbocycles. The van der Waals surface area contributed by atoms with Crippen molar-refractivity contribution in [1.82, 2.24) is 19.6 Å². The number of hydrogen-bond donors (Lipinski definition) is 0. The zero-order chi connectivity index (χ0) is 19.7. The summed E-state index contributed by atoms with van der Waals surface area (Å²) in [5, 5.41) is 4.54. The number of likely N-dealkylation sites (tertiary alicyclic amines) is 2. The van der Waals surface area contributed by atoms with Gasteiger partial charge in [0.25, 0.3) is 0 Å². The lowest BCUT2D eigenvalue weighted by molar-refractivity contribution is -0.146. The fourth-order valence-electron chi connectivity index (χ4n) is 4.70. The van der Waals surface area contributed by atoms with E-state index in [1.807, 2.05) is 9.58 Å². The number of piperidine rings is 1. The van der Waals surface area contributed by atoms with Gasteiger partial charge in [0.15, 0.2) is 0 Å². The molecule has 2 aromatic rings. The SMILES string of the molecule is CCn1cc(CN2CCC3(CCCN(Cc4ccc(F)cc4)C3=O)C2)c(C)n1. The number of aryl methyl sites for hydroxylation is 2. The summed E-state index contributed by atoms with van der Waals surface area (Å²) < 4.78 is 15.1. The maximum Gasteiger partial charge on any atom is 0.230 e. The Morgan fingerprint density at radius 3 is 2.64 bits per heavy atom. The van der Waals surface area contributed by atoms with Gasteiger partial charge in [-0.3, -0.25) is 14.4 Å². The highest BCUT2D eigenvalue weighted by Gasteiger charge is 2.48. The summed E-state index contributed by atoms with van der Waals surface area (Å²) in [6.07, 6.45) is 5.06. The fraction of sp³-hybridized carbons (Fsp3) is 0.545. The highest BCUT2D eigenvalue weighted by Crippen LogP contribution is 2.41. The van der Waals surface area contributed by atoms with E-state index in [1.165, 1.54) is 17.7 Å². The average Bonchev–Trinajstić information content (AvgIpc) is 3.25. The van der Waals surface area contributed by atoms with E-state index in [0.29, 0.717) is 6.54 Å². The lowest BCUT2D eigenvalue weighted by atomic mass is 9.78. The van der Waals surface area contributed by atoms with E-state index in [0.717, 1.165) is 63.2 Å². The first-order valence-corrected chi connectivity index (χ1v) is 10.3. The first-order valence-electron chi connectivity index (χ1n) is 10.3. The number of aromatic nitrogens is 2. The third-order valence-electron chi connectivity index (χ3n) is 6.31. The van der Waals surface area contributed by atoms with Crippen molar-refractivity contribution in [2.45, 2.75) is 52.7 Å². The Bertz CT molecular complexity index is 847. The number of amides is 1. The summed E-state index contributed by atoms with van der Waals surface area (Å²) >= 11 is 0. The number of benzene rings is 1. The van der Waals surface area contributed by atoms with Gasteiger partial charge < -0.3 is 4.90 Å². The Kier molecular flexibility index (Phi) is 5.23. The van der Waals surface area contributed by atoms with E-state index in [-0.39, 0.29) is 17.1 Å². The molecule has 28 heavy (non-hydrogen) atoms. The van der Waals surface area contributed by atoms with Crippen molar-refractivity contribution >= 4 is 5.91 Å². The van der Waals surface area contributed by atoms with Crippen LogP contribution >= 0.6 is 0 Å². The third kappa shape index (κ3) is 3.70. The minimum absolute atomic E-state index is 0.238. The maximum absolute atomic E-state index is 13.3. The van der Waals surface area contributed by atoms with Gasteiger partial charge in [-0.05, 0) is 57.4 Å². The Hall–Kier alpha value is -2.21. The zero-order valence-corrected chi connectivity index (χ0v) is 16.8. The molecule has 3 heterocycles. The van der Waals surface area contributed by atoms with Crippen LogP contribution in [0.3, 0.4) is 0 Å². The summed E-state index contributed by atoms with van der Waals surface area (Å²) in [5.74, 6) is 0.0323. The smallest absolute Gasteiger partial charge is 0.230 e. The predicted octanol–water partition coefficient (Wildman–Crippen LogP) is 3.37. The summed E-state index contributed by atoms with van der Waals surface area (Å²) in [5.41, 5.74) is 3.07. The molecular formula is C22H29FN4O. The zero-order valence-electron chi connectivity index (χ0n) is 16.8. The van der Waals surface area contributed by atoms with Gasteiger partial charge in [-0.15, -0.1) is 0 Å². The second-order valence-electron chi connectivity index (χ2n) is 8.29. The molecule has 2 saturated heterocycles. The van der Waals surface area contributed by atoms with Crippen LogP contribution in [0, 0.1) is 18.2 Å². The van der Waals surface area contributed by atoms with Gasteiger partial charge in [-0.25, -0.2) is 4.39 Å². The minimum Gasteiger partial charge on any atom is -0.338 e. The quantitative estimate of drug-likeness (QED) is 0.794. The monoisotopic (exact) mass is 384 g/mol. The second kappa shape index (κ2) is 7.66. The van der Waals surface area contributed by atoms with Crippen LogP contribution in [0.5, 0.6) is 0 Å². The van der Waals surface area contributed by atoms with Gasteiger partial charge in [-0.2, -0.15) is 5.10 Å². The van der Waals surface area contributed by atoms with Crippen LogP contribution in [0.2, 0.25) is 0 Å². The second-order valence-corrected chi connectivity index (χ2v) is 8.29. The molecular weight excluding hydrogens is 355 g/mol. The molecule has 1 spiro atoms. The largest absolute Gasteiger partial charge is 0.338 e. The molecule has 0 N–H and O–H groups in total. The topological polar surface area (TPSA) is 41.4 Å². The van der Waals surface area contributed by atoms with Crippen LogP contribution in [0.1, 0.15) is 43.0 Å². The fourth-order valence-corrected chi connectivity index (χ4v) is 4.70. The maximum atomic E-state index is 13.3. The van der Waals surface area contributed by atoms with Gasteiger partial charge in [0.05, 0.1) is 11.1 Å². The number of nitrogens with zero attached hydrogens (tertiary/aromatic N) is 4. The Labute approximate surface area is 166 Å². The van der Waals surface area contributed by atoms with Crippen molar-refractivity contribution in [2.75, 3.05) is 19.6 Å². The van der Waals surface area contributed by atoms with E-state index >= 15 is 0 Å². The van der Waals surface area contributed by atoms with Crippen LogP contribution in [-0.4, -0.2) is 45.1 Å². The summed E-state index contributed by atoms with van der Waals surface area (Å²) in [6.45, 7) is 9.03. The number of hydrogen-bond acceptors (Lipinski definition) is 3. The lowest BCUT2D eigenvalue weighted by Gasteiger charge is -2.39. The number of carbonyl (C=O) groups excluding carboxylic acids is 1. The molecule has 4 rings (SSSR count). The van der Waals surface area contributed by atoms with Gasteiger partial charge in [0, 0.05) is 44.5 Å². The first kappa shape index (κ1) is 19.1. The normalized spacial score (nSPS) is 23.1. The molecule has 1 unspecified atom stereocenters. The van der Waals surface area contributed by atoms with Crippen LogP contribution in [0.15, 0.2) is 30.5 Å². The predicted molar refractivity (Wildman–Crippen MR) is 106 cm³/mol. The number of halogens is 1. The number of rotatable bonds is 5. The standard InChI is InChI=1S/C22H29FN4O/c1-3-27-15-19(17(2)24-27)14-25-12-10-22(16-25)9-4-11-26(21(22)28)13-18-5-7-20(23)8-6-18/h5-8,15H,3-4,9-14,16H2,1-2H3. The molecule has 0 aliphatic carbocycles. The molecule has 2 aliphatic rings. The van der Waals surface area contributed by atoms with E-state index in [4.69, 9.17) is 0 Å². The summed E-state index contributed by atoms with van der Waals surface area (Å²) in [6, 6.07) is 6.49. The van der Waals surface area contributed by atoms with Crippen LogP contribution < -0.4 is 0 Å². The van der Waals surface area contributed by atoms with Crippen molar-refractivity contribution < 1.29 is 9.18 Å². The highest BCUT2D eigenvalue weighted by atomic mass is 19.1.